The molecule has 1 aromatic heterocycles. The Morgan fingerprint density at radius 1 is 1.16 bits per heavy atom. The summed E-state index contributed by atoms with van der Waals surface area (Å²) in [7, 11) is 0. The number of hydrogen-bond acceptors (Lipinski definition) is 8. The van der Waals surface area contributed by atoms with Gasteiger partial charge in [0.2, 0.25) is 5.91 Å². The zero-order chi connectivity index (χ0) is 23.3. The van der Waals surface area contributed by atoms with Crippen molar-refractivity contribution >= 4 is 16.9 Å². The molecule has 0 radical (unpaired) electrons. The zero-order valence-corrected chi connectivity index (χ0v) is 16.0. The average molecular weight is 449 g/mol. The predicted octanol–water partition coefficient (Wildman–Crippen LogP) is -1.57. The molecular formula is C18H22F3N3O7. The molecule has 172 valence electrons. The van der Waals surface area contributed by atoms with Gasteiger partial charge in [0.25, 0.3) is 5.56 Å². The first-order chi connectivity index (χ1) is 14.5. The predicted molar refractivity (Wildman–Crippen MR) is 99.8 cm³/mol. The number of aromatic amines is 1. The van der Waals surface area contributed by atoms with E-state index in [9.17, 15) is 38.1 Å². The molecule has 0 bridgehead atoms. The number of H-pyrrole nitrogens is 1. The minimum Gasteiger partial charge on any atom is -0.394 e. The lowest BCUT2D eigenvalue weighted by Gasteiger charge is -2.29. The van der Waals surface area contributed by atoms with Crippen molar-refractivity contribution in [1.82, 2.24) is 15.3 Å². The second-order valence-corrected chi connectivity index (χ2v) is 6.90. The van der Waals surface area contributed by atoms with Gasteiger partial charge in [-0.05, 0) is 18.2 Å². The molecule has 31 heavy (non-hydrogen) atoms. The monoisotopic (exact) mass is 449 g/mol. The second kappa shape index (κ2) is 10.2. The van der Waals surface area contributed by atoms with Crippen molar-refractivity contribution in [3.63, 3.8) is 0 Å². The van der Waals surface area contributed by atoms with Crippen molar-refractivity contribution in [2.24, 2.45) is 0 Å². The minimum atomic E-state index is -4.62. The number of benzene rings is 1. The van der Waals surface area contributed by atoms with Crippen LogP contribution >= 0.6 is 0 Å². The first-order valence-corrected chi connectivity index (χ1v) is 9.11. The number of fused-ring (bicyclic) bond motifs is 1. The highest BCUT2D eigenvalue weighted by Gasteiger charge is 2.32. The number of nitrogens with one attached hydrogen (secondary N) is 2. The van der Waals surface area contributed by atoms with Crippen molar-refractivity contribution in [3.8, 4) is 0 Å². The van der Waals surface area contributed by atoms with Crippen LogP contribution in [0.3, 0.4) is 0 Å². The number of halogens is 3. The molecule has 0 saturated carbocycles. The molecule has 0 aliphatic carbocycles. The van der Waals surface area contributed by atoms with Crippen LogP contribution in [0, 0.1) is 0 Å². The van der Waals surface area contributed by atoms with Crippen molar-refractivity contribution in [2.45, 2.75) is 43.4 Å². The van der Waals surface area contributed by atoms with E-state index >= 15 is 0 Å². The van der Waals surface area contributed by atoms with Crippen LogP contribution in [0.2, 0.25) is 0 Å². The Morgan fingerprint density at radius 2 is 1.84 bits per heavy atom. The molecule has 0 aliphatic heterocycles. The lowest BCUT2D eigenvalue weighted by Crippen LogP contribution is -2.53. The van der Waals surface area contributed by atoms with Crippen molar-refractivity contribution in [3.05, 3.63) is 39.8 Å². The summed E-state index contributed by atoms with van der Waals surface area (Å²) >= 11 is 0. The number of amides is 1. The zero-order valence-electron chi connectivity index (χ0n) is 16.0. The largest absolute Gasteiger partial charge is 0.416 e. The molecule has 0 aliphatic rings. The van der Waals surface area contributed by atoms with Crippen LogP contribution in [0.15, 0.2) is 23.0 Å². The summed E-state index contributed by atoms with van der Waals surface area (Å²) in [6.45, 7) is -1.66. The summed E-state index contributed by atoms with van der Waals surface area (Å²) in [6.07, 6.45) is -10.1. The SMILES string of the molecule is O=C(CO)N[C@@H](C(O)C[C@H](O)CO)[C@H](O)Cc1nc2ccc(C(F)(F)F)cc2[nH]c1=O. The third kappa shape index (κ3) is 6.45. The first kappa shape index (κ1) is 24.7. The molecule has 2 aromatic rings. The maximum absolute atomic E-state index is 12.8. The summed E-state index contributed by atoms with van der Waals surface area (Å²) in [5, 5.41) is 50.1. The molecule has 10 nitrogen and oxygen atoms in total. The van der Waals surface area contributed by atoms with Crippen LogP contribution in [0.4, 0.5) is 13.2 Å². The van der Waals surface area contributed by atoms with Gasteiger partial charge in [-0.15, -0.1) is 0 Å². The van der Waals surface area contributed by atoms with E-state index < -0.39 is 73.6 Å². The van der Waals surface area contributed by atoms with Gasteiger partial charge in [0.05, 0.1) is 47.6 Å². The first-order valence-electron chi connectivity index (χ1n) is 9.11. The molecule has 4 atom stereocenters. The standard InChI is InChI=1S/C18H22F3N3O7/c19-18(20,21)8-1-2-10-11(3-8)23-17(31)12(22-10)5-14(29)16(24-15(30)7-26)13(28)4-9(27)6-25/h1-3,9,13-14,16,25-29H,4-7H2,(H,23,31)(H,24,30)/t9-,13?,14+,16-/m0/s1. The topological polar surface area (TPSA) is 176 Å². The van der Waals surface area contributed by atoms with Crippen LogP contribution in [0.25, 0.3) is 11.0 Å². The van der Waals surface area contributed by atoms with Gasteiger partial charge in [0.15, 0.2) is 0 Å². The van der Waals surface area contributed by atoms with Gasteiger partial charge in [0.1, 0.15) is 12.3 Å². The fourth-order valence-corrected chi connectivity index (χ4v) is 2.94. The number of carbonyl (C=O) groups excluding carboxylic acids is 1. The number of carbonyl (C=O) groups is 1. The summed E-state index contributed by atoms with van der Waals surface area (Å²) in [6, 6.07) is 1.08. The van der Waals surface area contributed by atoms with Crippen molar-refractivity contribution < 1.29 is 43.5 Å². The summed E-state index contributed by atoms with van der Waals surface area (Å²) in [5.74, 6) is -0.957. The van der Waals surface area contributed by atoms with Crippen molar-refractivity contribution in [2.75, 3.05) is 13.2 Å². The number of aliphatic hydroxyl groups excluding tert-OH is 5. The molecule has 0 spiro atoms. The third-order valence-corrected chi connectivity index (χ3v) is 4.52. The Labute approximate surface area is 173 Å². The molecule has 0 fully saturated rings. The quantitative estimate of drug-likeness (QED) is 0.240. The minimum absolute atomic E-state index is 0.0157. The molecule has 1 heterocycles. The van der Waals surface area contributed by atoms with Crippen LogP contribution < -0.4 is 10.9 Å². The van der Waals surface area contributed by atoms with E-state index in [4.69, 9.17) is 10.2 Å². The van der Waals surface area contributed by atoms with Crippen molar-refractivity contribution in [1.29, 1.82) is 0 Å². The van der Waals surface area contributed by atoms with E-state index in [0.717, 1.165) is 12.1 Å². The number of aliphatic hydroxyl groups is 5. The molecule has 2 rings (SSSR count). The van der Waals surface area contributed by atoms with Crippen LogP contribution in [-0.2, 0) is 17.4 Å². The molecular weight excluding hydrogens is 427 g/mol. The van der Waals surface area contributed by atoms with E-state index in [2.05, 4.69) is 15.3 Å². The Hall–Kier alpha value is -2.58. The average Bonchev–Trinajstić information content (AvgIpc) is 2.70. The summed E-state index contributed by atoms with van der Waals surface area (Å²) < 4.78 is 38.5. The van der Waals surface area contributed by atoms with Gasteiger partial charge in [-0.3, -0.25) is 9.59 Å². The summed E-state index contributed by atoms with van der Waals surface area (Å²) in [4.78, 5) is 30.0. The maximum Gasteiger partial charge on any atom is 0.416 e. The van der Waals surface area contributed by atoms with E-state index in [0.29, 0.717) is 6.07 Å². The second-order valence-electron chi connectivity index (χ2n) is 6.90. The Kier molecular flexibility index (Phi) is 8.08. The highest BCUT2D eigenvalue weighted by atomic mass is 19.4. The third-order valence-electron chi connectivity index (χ3n) is 4.52. The number of rotatable bonds is 9. The van der Waals surface area contributed by atoms with E-state index in [1.54, 1.807) is 0 Å². The molecule has 1 aromatic carbocycles. The van der Waals surface area contributed by atoms with Gasteiger partial charge in [-0.2, -0.15) is 13.2 Å². The van der Waals surface area contributed by atoms with Gasteiger partial charge in [-0.1, -0.05) is 0 Å². The fraction of sp³-hybridized carbons (Fsp3) is 0.500. The lowest BCUT2D eigenvalue weighted by molar-refractivity contribution is -0.137. The maximum atomic E-state index is 12.8. The molecule has 1 amide bonds. The molecule has 1 unspecified atom stereocenters. The van der Waals surface area contributed by atoms with E-state index in [1.165, 1.54) is 0 Å². The van der Waals surface area contributed by atoms with Gasteiger partial charge < -0.3 is 35.8 Å². The highest BCUT2D eigenvalue weighted by Crippen LogP contribution is 2.30. The smallest absolute Gasteiger partial charge is 0.394 e. The Balaban J connectivity index is 2.30. The van der Waals surface area contributed by atoms with E-state index in [1.807, 2.05) is 0 Å². The fourth-order valence-electron chi connectivity index (χ4n) is 2.94. The number of nitrogens with zero attached hydrogens (tertiary/aromatic N) is 1. The number of hydrogen-bond donors (Lipinski definition) is 7. The van der Waals surface area contributed by atoms with Gasteiger partial charge in [0, 0.05) is 12.8 Å². The Morgan fingerprint density at radius 3 is 2.42 bits per heavy atom. The van der Waals surface area contributed by atoms with Crippen LogP contribution in [0.5, 0.6) is 0 Å². The van der Waals surface area contributed by atoms with Gasteiger partial charge in [-0.25, -0.2) is 4.98 Å². The number of aromatic nitrogens is 2. The van der Waals surface area contributed by atoms with Crippen LogP contribution in [-0.4, -0.2) is 79.0 Å². The Bertz CT molecular complexity index is 967. The summed E-state index contributed by atoms with van der Waals surface area (Å²) in [5.41, 5.74) is -2.31. The normalized spacial score (nSPS) is 16.0. The van der Waals surface area contributed by atoms with Gasteiger partial charge >= 0.3 is 6.18 Å². The molecule has 7 N–H and O–H groups in total. The van der Waals surface area contributed by atoms with Crippen LogP contribution in [0.1, 0.15) is 17.7 Å². The highest BCUT2D eigenvalue weighted by molar-refractivity contribution is 5.77. The lowest BCUT2D eigenvalue weighted by atomic mass is 9.96. The molecule has 13 heteroatoms. The van der Waals surface area contributed by atoms with E-state index in [-0.39, 0.29) is 16.7 Å². The number of alkyl halides is 3. The molecule has 0 saturated heterocycles.